The fourth-order valence-electron chi connectivity index (χ4n) is 2.99. The average molecular weight is 444 g/mol. The van der Waals surface area contributed by atoms with Crippen molar-refractivity contribution in [2.24, 2.45) is 0 Å². The maximum absolute atomic E-state index is 12.6. The minimum Gasteiger partial charge on any atom is -0.493 e. The van der Waals surface area contributed by atoms with Crippen molar-refractivity contribution in [3.63, 3.8) is 0 Å². The zero-order valence-electron chi connectivity index (χ0n) is 18.0. The van der Waals surface area contributed by atoms with Gasteiger partial charge < -0.3 is 34.3 Å². The molecule has 1 aliphatic heterocycles. The Kier molecular flexibility index (Phi) is 7.37. The Balaban J connectivity index is 1.68. The van der Waals surface area contributed by atoms with Crippen LogP contribution in [0.4, 0.5) is 11.4 Å². The lowest BCUT2D eigenvalue weighted by Gasteiger charge is -2.15. The molecule has 0 atom stereocenters. The summed E-state index contributed by atoms with van der Waals surface area (Å²) in [5, 5.41) is 5.18. The number of carbonyl (C=O) groups excluding carboxylic acids is 3. The molecule has 32 heavy (non-hydrogen) atoms. The van der Waals surface area contributed by atoms with Gasteiger partial charge in [-0.3, -0.25) is 9.59 Å². The Labute approximate surface area is 184 Å². The molecule has 2 amide bonds. The molecule has 1 aliphatic rings. The number of benzene rings is 2. The second kappa shape index (κ2) is 10.4. The summed E-state index contributed by atoms with van der Waals surface area (Å²) in [7, 11) is 2.84. The highest BCUT2D eigenvalue weighted by Crippen LogP contribution is 2.34. The van der Waals surface area contributed by atoms with Gasteiger partial charge in [0.25, 0.3) is 5.91 Å². The van der Waals surface area contributed by atoms with Crippen LogP contribution in [0.3, 0.4) is 0 Å². The first-order chi connectivity index (χ1) is 15.4. The molecule has 2 aromatic rings. The quantitative estimate of drug-likeness (QED) is 0.625. The van der Waals surface area contributed by atoms with Gasteiger partial charge in [-0.05, 0) is 12.1 Å². The molecule has 0 aliphatic carbocycles. The van der Waals surface area contributed by atoms with E-state index in [0.717, 1.165) is 6.42 Å². The topological polar surface area (TPSA) is 121 Å². The summed E-state index contributed by atoms with van der Waals surface area (Å²) in [6, 6.07) is 7.81. The second-order valence-corrected chi connectivity index (χ2v) is 6.77. The van der Waals surface area contributed by atoms with E-state index < -0.39 is 24.4 Å². The van der Waals surface area contributed by atoms with E-state index >= 15 is 0 Å². The van der Waals surface area contributed by atoms with E-state index in [-0.39, 0.29) is 17.0 Å². The summed E-state index contributed by atoms with van der Waals surface area (Å²) in [6.07, 6.45) is 0.767. The Morgan fingerprint density at radius 3 is 2.31 bits per heavy atom. The third kappa shape index (κ3) is 5.60. The van der Waals surface area contributed by atoms with Crippen molar-refractivity contribution in [1.29, 1.82) is 0 Å². The number of nitrogens with one attached hydrogen (secondary N) is 2. The minimum atomic E-state index is -0.816. The number of hydrogen-bond donors (Lipinski definition) is 2. The third-order valence-electron chi connectivity index (χ3n) is 4.42. The van der Waals surface area contributed by atoms with Crippen molar-refractivity contribution in [3.05, 3.63) is 35.9 Å². The van der Waals surface area contributed by atoms with E-state index in [1.54, 1.807) is 18.2 Å². The molecule has 0 bridgehead atoms. The van der Waals surface area contributed by atoms with Crippen molar-refractivity contribution < 1.29 is 38.1 Å². The number of anilines is 2. The zero-order valence-corrected chi connectivity index (χ0v) is 18.0. The van der Waals surface area contributed by atoms with Crippen molar-refractivity contribution >= 4 is 29.2 Å². The lowest BCUT2D eigenvalue weighted by Crippen LogP contribution is -2.22. The van der Waals surface area contributed by atoms with Crippen LogP contribution in [0.15, 0.2) is 30.3 Å². The van der Waals surface area contributed by atoms with Crippen LogP contribution >= 0.6 is 0 Å². The van der Waals surface area contributed by atoms with E-state index in [1.165, 1.54) is 33.3 Å². The maximum atomic E-state index is 12.6. The molecule has 0 saturated carbocycles. The van der Waals surface area contributed by atoms with E-state index in [0.29, 0.717) is 36.1 Å². The zero-order chi connectivity index (χ0) is 23.1. The number of methoxy groups -OCH3 is 2. The maximum Gasteiger partial charge on any atom is 0.340 e. The van der Waals surface area contributed by atoms with E-state index in [9.17, 15) is 14.4 Å². The van der Waals surface area contributed by atoms with E-state index in [4.69, 9.17) is 23.7 Å². The monoisotopic (exact) mass is 444 g/mol. The molecule has 1 heterocycles. The number of esters is 1. The van der Waals surface area contributed by atoms with Crippen LogP contribution in [0, 0.1) is 0 Å². The Hall–Kier alpha value is -3.95. The van der Waals surface area contributed by atoms with Crippen molar-refractivity contribution in [2.45, 2.75) is 13.3 Å². The van der Waals surface area contributed by atoms with E-state index in [2.05, 4.69) is 10.6 Å². The lowest BCUT2D eigenvalue weighted by molar-refractivity contribution is -0.119. The van der Waals surface area contributed by atoms with Gasteiger partial charge in [0.1, 0.15) is 0 Å². The van der Waals surface area contributed by atoms with Gasteiger partial charge in [-0.2, -0.15) is 0 Å². The van der Waals surface area contributed by atoms with Gasteiger partial charge in [0.05, 0.1) is 38.7 Å². The van der Waals surface area contributed by atoms with Gasteiger partial charge in [-0.25, -0.2) is 4.79 Å². The van der Waals surface area contributed by atoms with Gasteiger partial charge in [-0.1, -0.05) is 0 Å². The number of carbonyl (C=O) groups is 3. The van der Waals surface area contributed by atoms with Crippen LogP contribution in [0.1, 0.15) is 23.7 Å². The molecule has 0 spiro atoms. The largest absolute Gasteiger partial charge is 0.493 e. The number of fused-ring (bicyclic) bond motifs is 1. The van der Waals surface area contributed by atoms with Crippen LogP contribution in [0.5, 0.6) is 23.0 Å². The Morgan fingerprint density at radius 2 is 1.62 bits per heavy atom. The molecule has 0 fully saturated rings. The molecule has 0 unspecified atom stereocenters. The molecule has 2 N–H and O–H groups in total. The first-order valence-electron chi connectivity index (χ1n) is 9.81. The van der Waals surface area contributed by atoms with E-state index in [1.807, 2.05) is 0 Å². The van der Waals surface area contributed by atoms with Gasteiger partial charge in [0.15, 0.2) is 29.6 Å². The van der Waals surface area contributed by atoms with Crippen molar-refractivity contribution in [2.75, 3.05) is 44.7 Å². The average Bonchev–Trinajstić information content (AvgIpc) is 3.01. The summed E-state index contributed by atoms with van der Waals surface area (Å²) in [6.45, 7) is 1.84. The second-order valence-electron chi connectivity index (χ2n) is 6.77. The molecule has 0 radical (unpaired) electrons. The fraction of sp³-hybridized carbons (Fsp3) is 0.318. The predicted molar refractivity (Wildman–Crippen MR) is 115 cm³/mol. The van der Waals surface area contributed by atoms with Crippen LogP contribution in [-0.2, 0) is 14.3 Å². The highest BCUT2D eigenvalue weighted by atomic mass is 16.5. The number of rotatable bonds is 7. The smallest absolute Gasteiger partial charge is 0.340 e. The van der Waals surface area contributed by atoms with Gasteiger partial charge >= 0.3 is 5.97 Å². The highest BCUT2D eigenvalue weighted by Gasteiger charge is 2.20. The number of amides is 2. The van der Waals surface area contributed by atoms with Crippen molar-refractivity contribution in [1.82, 2.24) is 0 Å². The summed E-state index contributed by atoms with van der Waals surface area (Å²) in [5.41, 5.74) is 0.657. The molecule has 2 aromatic carbocycles. The Bertz CT molecular complexity index is 1020. The highest BCUT2D eigenvalue weighted by molar-refractivity contribution is 6.03. The third-order valence-corrected chi connectivity index (χ3v) is 4.42. The van der Waals surface area contributed by atoms with Gasteiger partial charge in [0, 0.05) is 37.2 Å². The van der Waals surface area contributed by atoms with Gasteiger partial charge in [-0.15, -0.1) is 0 Å². The first kappa shape index (κ1) is 22.7. The predicted octanol–water partition coefficient (Wildman–Crippen LogP) is 2.62. The molecular formula is C22H24N2O8. The summed E-state index contributed by atoms with van der Waals surface area (Å²) < 4.78 is 26.7. The first-order valence-corrected chi connectivity index (χ1v) is 9.81. The molecule has 3 rings (SSSR count). The number of hydrogen-bond acceptors (Lipinski definition) is 8. The summed E-state index contributed by atoms with van der Waals surface area (Å²) in [5.74, 6) is -0.0325. The lowest BCUT2D eigenvalue weighted by atomic mass is 10.1. The fourth-order valence-corrected chi connectivity index (χ4v) is 2.99. The molecule has 10 nitrogen and oxygen atoms in total. The normalized spacial score (nSPS) is 12.2. The van der Waals surface area contributed by atoms with Crippen molar-refractivity contribution in [3.8, 4) is 23.0 Å². The van der Waals surface area contributed by atoms with Crippen LogP contribution in [-0.4, -0.2) is 51.8 Å². The number of ether oxygens (including phenoxy) is 5. The minimum absolute atomic E-state index is 0.0150. The van der Waals surface area contributed by atoms with Crippen LogP contribution in [0.2, 0.25) is 0 Å². The van der Waals surface area contributed by atoms with Gasteiger partial charge in [0.2, 0.25) is 5.91 Å². The molecule has 0 aromatic heterocycles. The SMILES string of the molecule is COc1cc(NC(C)=O)c(C(=O)OCC(=O)Nc2ccc3c(c2)OCCCO3)cc1OC. The summed E-state index contributed by atoms with van der Waals surface area (Å²) in [4.78, 5) is 36.4. The molecule has 0 saturated heterocycles. The van der Waals surface area contributed by atoms with Crippen LogP contribution < -0.4 is 29.6 Å². The summed E-state index contributed by atoms with van der Waals surface area (Å²) >= 11 is 0. The molecule has 10 heteroatoms. The molecular weight excluding hydrogens is 420 g/mol. The van der Waals surface area contributed by atoms with Crippen LogP contribution in [0.25, 0.3) is 0 Å². The molecule has 170 valence electrons. The Morgan fingerprint density at radius 1 is 0.938 bits per heavy atom. The standard InChI is InChI=1S/C22H24N2O8/c1-13(25)23-16-11-19(29-3)18(28-2)10-15(16)22(27)32-12-21(26)24-14-5-6-17-20(9-14)31-8-4-7-30-17/h5-6,9-11H,4,7-8,12H2,1-3H3,(H,23,25)(H,24,26).